The number of rotatable bonds is 8. The number of nitrogens with one attached hydrogen (secondary N) is 1. The fourth-order valence-electron chi connectivity index (χ4n) is 2.51. The molecule has 0 bridgehead atoms. The molecule has 0 fully saturated rings. The fourth-order valence-corrected chi connectivity index (χ4v) is 2.51. The maximum atomic E-state index is 12.7. The highest BCUT2D eigenvalue weighted by Crippen LogP contribution is 2.34. The van der Waals surface area contributed by atoms with E-state index in [9.17, 15) is 4.79 Å². The van der Waals surface area contributed by atoms with Crippen molar-refractivity contribution >= 4 is 5.91 Å². The van der Waals surface area contributed by atoms with Crippen LogP contribution in [0.4, 0.5) is 0 Å². The Hall–Kier alpha value is -2.67. The van der Waals surface area contributed by atoms with Crippen molar-refractivity contribution in [2.75, 3.05) is 42.0 Å². The summed E-state index contributed by atoms with van der Waals surface area (Å²) in [7, 11) is 8.41. The van der Waals surface area contributed by atoms with Crippen LogP contribution in [0.5, 0.6) is 17.2 Å². The van der Waals surface area contributed by atoms with Crippen molar-refractivity contribution in [3.63, 3.8) is 0 Å². The summed E-state index contributed by atoms with van der Waals surface area (Å²) in [6.45, 7) is 0.386. The molecular formula is C18H24N2O5. The van der Waals surface area contributed by atoms with Crippen molar-refractivity contribution in [1.82, 2.24) is 10.2 Å². The molecule has 1 unspecified atom stereocenters. The maximum absolute atomic E-state index is 12.7. The van der Waals surface area contributed by atoms with Crippen LogP contribution in [0.3, 0.4) is 0 Å². The molecule has 2 aromatic rings. The molecule has 0 spiro atoms. The van der Waals surface area contributed by atoms with Gasteiger partial charge in [0, 0.05) is 18.7 Å². The molecule has 136 valence electrons. The molecule has 1 amide bonds. The molecule has 1 aromatic carbocycles. The molecule has 2 rings (SSSR count). The van der Waals surface area contributed by atoms with E-state index in [2.05, 4.69) is 5.32 Å². The van der Waals surface area contributed by atoms with Crippen LogP contribution in [-0.4, -0.2) is 52.8 Å². The Kier molecular flexibility index (Phi) is 6.30. The number of carbonyl (C=O) groups is 1. The van der Waals surface area contributed by atoms with E-state index < -0.39 is 0 Å². The lowest BCUT2D eigenvalue weighted by Gasteiger charge is -2.23. The van der Waals surface area contributed by atoms with Gasteiger partial charge >= 0.3 is 0 Å². The SMILES string of the molecule is COc1cc(OC)c(C(=O)NCC(c2ccco2)N(C)C)cc1OC. The second kappa shape index (κ2) is 8.43. The van der Waals surface area contributed by atoms with E-state index in [0.29, 0.717) is 29.4 Å². The number of furan rings is 1. The van der Waals surface area contributed by atoms with Gasteiger partial charge in [-0.1, -0.05) is 0 Å². The summed E-state index contributed by atoms with van der Waals surface area (Å²) in [5.41, 5.74) is 0.372. The Morgan fingerprint density at radius 3 is 2.28 bits per heavy atom. The number of hydrogen-bond acceptors (Lipinski definition) is 6. The lowest BCUT2D eigenvalue weighted by molar-refractivity contribution is 0.0935. The average molecular weight is 348 g/mol. The van der Waals surface area contributed by atoms with Gasteiger partial charge in [0.25, 0.3) is 5.91 Å². The molecule has 7 heteroatoms. The van der Waals surface area contributed by atoms with E-state index in [1.165, 1.54) is 21.3 Å². The largest absolute Gasteiger partial charge is 0.496 e. The third-order valence-corrected chi connectivity index (χ3v) is 3.90. The minimum absolute atomic E-state index is 0.0786. The van der Waals surface area contributed by atoms with Crippen LogP contribution in [0.15, 0.2) is 34.9 Å². The standard InChI is InChI=1S/C18H24N2O5/c1-20(2)13(14-7-6-8-25-14)11-19-18(21)12-9-16(23-4)17(24-5)10-15(12)22-3/h6-10,13H,11H2,1-5H3,(H,19,21). The smallest absolute Gasteiger partial charge is 0.255 e. The third-order valence-electron chi connectivity index (χ3n) is 3.90. The van der Waals surface area contributed by atoms with Gasteiger partial charge in [-0.25, -0.2) is 0 Å². The Labute approximate surface area is 147 Å². The molecule has 0 radical (unpaired) electrons. The van der Waals surface area contributed by atoms with E-state index in [4.69, 9.17) is 18.6 Å². The van der Waals surface area contributed by atoms with E-state index in [1.54, 1.807) is 18.4 Å². The zero-order valence-corrected chi connectivity index (χ0v) is 15.2. The third kappa shape index (κ3) is 4.24. The first-order chi connectivity index (χ1) is 12.0. The lowest BCUT2D eigenvalue weighted by atomic mass is 10.1. The summed E-state index contributed by atoms with van der Waals surface area (Å²) in [4.78, 5) is 14.6. The zero-order chi connectivity index (χ0) is 18.4. The molecule has 0 saturated carbocycles. The number of benzene rings is 1. The van der Waals surface area contributed by atoms with Gasteiger partial charge in [0.05, 0.1) is 39.2 Å². The van der Waals surface area contributed by atoms with E-state index in [0.717, 1.165) is 5.76 Å². The average Bonchev–Trinajstić information content (AvgIpc) is 3.14. The van der Waals surface area contributed by atoms with E-state index in [1.807, 2.05) is 31.1 Å². The van der Waals surface area contributed by atoms with Crippen molar-refractivity contribution in [2.45, 2.75) is 6.04 Å². The summed E-state index contributed by atoms with van der Waals surface area (Å²) in [5, 5.41) is 2.92. The lowest BCUT2D eigenvalue weighted by Crippen LogP contribution is -2.34. The zero-order valence-electron chi connectivity index (χ0n) is 15.2. The van der Waals surface area contributed by atoms with Crippen LogP contribution < -0.4 is 19.5 Å². The molecular weight excluding hydrogens is 324 g/mol. The highest BCUT2D eigenvalue weighted by molar-refractivity contribution is 5.97. The Morgan fingerprint density at radius 1 is 1.12 bits per heavy atom. The van der Waals surface area contributed by atoms with Crippen LogP contribution >= 0.6 is 0 Å². The summed E-state index contributed by atoms with van der Waals surface area (Å²) < 4.78 is 21.3. The van der Waals surface area contributed by atoms with Crippen molar-refractivity contribution in [1.29, 1.82) is 0 Å². The van der Waals surface area contributed by atoms with Crippen LogP contribution in [0.1, 0.15) is 22.2 Å². The molecule has 0 aliphatic heterocycles. The first kappa shape index (κ1) is 18.7. The van der Waals surface area contributed by atoms with Gasteiger partial charge in [-0.05, 0) is 26.2 Å². The molecule has 1 heterocycles. The molecule has 0 aliphatic rings. The number of hydrogen-bond donors (Lipinski definition) is 1. The second-order valence-corrected chi connectivity index (χ2v) is 5.61. The van der Waals surface area contributed by atoms with Crippen molar-refractivity contribution in [3.05, 3.63) is 41.9 Å². The van der Waals surface area contributed by atoms with Crippen molar-refractivity contribution in [2.24, 2.45) is 0 Å². The van der Waals surface area contributed by atoms with Crippen molar-refractivity contribution < 1.29 is 23.4 Å². The Morgan fingerprint density at radius 2 is 1.76 bits per heavy atom. The Balaban J connectivity index is 2.19. The van der Waals surface area contributed by atoms with Crippen LogP contribution in [0.25, 0.3) is 0 Å². The minimum Gasteiger partial charge on any atom is -0.496 e. The van der Waals surface area contributed by atoms with Crippen LogP contribution in [0, 0.1) is 0 Å². The number of methoxy groups -OCH3 is 3. The predicted octanol–water partition coefficient (Wildman–Crippen LogP) is 2.34. The quantitative estimate of drug-likeness (QED) is 0.789. The molecule has 25 heavy (non-hydrogen) atoms. The van der Waals surface area contributed by atoms with Crippen LogP contribution in [0.2, 0.25) is 0 Å². The predicted molar refractivity (Wildman–Crippen MR) is 93.6 cm³/mol. The van der Waals surface area contributed by atoms with Gasteiger partial charge in [-0.15, -0.1) is 0 Å². The maximum Gasteiger partial charge on any atom is 0.255 e. The van der Waals surface area contributed by atoms with Gasteiger partial charge < -0.3 is 23.9 Å². The molecule has 1 atom stereocenters. The minimum atomic E-state index is -0.267. The van der Waals surface area contributed by atoms with Gasteiger partial charge in [0.1, 0.15) is 11.5 Å². The fraction of sp³-hybridized carbons (Fsp3) is 0.389. The van der Waals surface area contributed by atoms with Crippen LogP contribution in [-0.2, 0) is 0 Å². The molecule has 1 aromatic heterocycles. The molecule has 7 nitrogen and oxygen atoms in total. The number of nitrogens with zero attached hydrogens (tertiary/aromatic N) is 1. The first-order valence-corrected chi connectivity index (χ1v) is 7.79. The topological polar surface area (TPSA) is 73.2 Å². The second-order valence-electron chi connectivity index (χ2n) is 5.61. The first-order valence-electron chi connectivity index (χ1n) is 7.79. The van der Waals surface area contributed by atoms with Crippen molar-refractivity contribution in [3.8, 4) is 17.2 Å². The number of carbonyl (C=O) groups excluding carboxylic acids is 1. The summed E-state index contributed by atoms with van der Waals surface area (Å²) >= 11 is 0. The normalized spacial score (nSPS) is 11.9. The van der Waals surface area contributed by atoms with Gasteiger partial charge in [-0.3, -0.25) is 9.69 Å². The highest BCUT2D eigenvalue weighted by atomic mass is 16.5. The van der Waals surface area contributed by atoms with E-state index >= 15 is 0 Å². The molecule has 0 saturated heterocycles. The summed E-state index contributed by atoms with van der Waals surface area (Å²) in [6, 6.07) is 6.86. The van der Waals surface area contributed by atoms with Gasteiger partial charge in [-0.2, -0.15) is 0 Å². The molecule has 0 aliphatic carbocycles. The number of amides is 1. The monoisotopic (exact) mass is 348 g/mol. The Bertz CT molecular complexity index is 698. The van der Waals surface area contributed by atoms with E-state index in [-0.39, 0.29) is 11.9 Å². The van der Waals surface area contributed by atoms with Gasteiger partial charge in [0.2, 0.25) is 0 Å². The summed E-state index contributed by atoms with van der Waals surface area (Å²) in [6.07, 6.45) is 1.62. The number of ether oxygens (including phenoxy) is 3. The highest BCUT2D eigenvalue weighted by Gasteiger charge is 2.21. The van der Waals surface area contributed by atoms with Gasteiger partial charge in [0.15, 0.2) is 11.5 Å². The molecule has 1 N–H and O–H groups in total. The summed E-state index contributed by atoms with van der Waals surface area (Å²) in [5.74, 6) is 1.89. The number of likely N-dealkylation sites (N-methyl/N-ethyl adjacent to an activating group) is 1.